The number of hydrogen-bond acceptors (Lipinski definition) is 4. The van der Waals surface area contributed by atoms with Gasteiger partial charge in [-0.05, 0) is 35.9 Å². The van der Waals surface area contributed by atoms with E-state index in [4.69, 9.17) is 9.15 Å². The third-order valence-corrected chi connectivity index (χ3v) is 4.42. The van der Waals surface area contributed by atoms with Crippen molar-refractivity contribution in [1.82, 2.24) is 10.6 Å². The van der Waals surface area contributed by atoms with Gasteiger partial charge in [0.1, 0.15) is 12.4 Å². The molecule has 0 spiro atoms. The quantitative estimate of drug-likeness (QED) is 0.278. The highest BCUT2D eigenvalue weighted by Crippen LogP contribution is 2.17. The van der Waals surface area contributed by atoms with Gasteiger partial charge in [-0.3, -0.25) is 9.79 Å². The minimum absolute atomic E-state index is 0.275. The van der Waals surface area contributed by atoms with Crippen LogP contribution in [0.3, 0.4) is 0 Å². The zero-order valence-electron chi connectivity index (χ0n) is 17.4. The summed E-state index contributed by atoms with van der Waals surface area (Å²) in [6.45, 7) is 5.30. The highest BCUT2D eigenvalue weighted by molar-refractivity contribution is 6.02. The Morgan fingerprint density at radius 2 is 1.84 bits per heavy atom. The molecule has 0 unspecified atom stereocenters. The molecular weight excluding hydrogens is 392 g/mol. The van der Waals surface area contributed by atoms with Gasteiger partial charge in [0.2, 0.25) is 0 Å². The van der Waals surface area contributed by atoms with Crippen LogP contribution in [0.25, 0.3) is 0 Å². The molecule has 0 aliphatic rings. The minimum atomic E-state index is -0.280. The molecule has 2 aromatic carbocycles. The summed E-state index contributed by atoms with van der Waals surface area (Å²) in [5, 5.41) is 9.37. The molecule has 0 saturated heterocycles. The maximum atomic E-state index is 12.0. The smallest absolute Gasteiger partial charge is 0.291 e. The van der Waals surface area contributed by atoms with Crippen molar-refractivity contribution < 1.29 is 13.9 Å². The molecule has 7 heteroatoms. The highest BCUT2D eigenvalue weighted by Gasteiger charge is 2.08. The first-order valence-electron chi connectivity index (χ1n) is 9.89. The molecule has 3 rings (SSSR count). The lowest BCUT2D eigenvalue weighted by atomic mass is 10.2. The van der Waals surface area contributed by atoms with Crippen LogP contribution in [0.1, 0.15) is 21.7 Å². The van der Waals surface area contributed by atoms with Crippen LogP contribution in [-0.4, -0.2) is 25.5 Å². The Hall–Kier alpha value is -4.00. The number of rotatable bonds is 9. The molecule has 1 aromatic heterocycles. The van der Waals surface area contributed by atoms with E-state index in [2.05, 4.69) is 27.5 Å². The normalized spacial score (nSPS) is 10.9. The summed E-state index contributed by atoms with van der Waals surface area (Å²) in [6.07, 6.45) is 3.19. The Bertz CT molecular complexity index is 1010. The molecule has 0 atom stereocenters. The summed E-state index contributed by atoms with van der Waals surface area (Å²) < 4.78 is 10.8. The van der Waals surface area contributed by atoms with E-state index >= 15 is 0 Å². The van der Waals surface area contributed by atoms with Crippen LogP contribution in [0.4, 0.5) is 5.69 Å². The number of carbonyl (C=O) groups excluding carboxylic acids is 1. The maximum absolute atomic E-state index is 12.0. The van der Waals surface area contributed by atoms with E-state index in [0.29, 0.717) is 31.3 Å². The Kier molecular flexibility index (Phi) is 7.88. The Balaban J connectivity index is 1.49. The first-order valence-corrected chi connectivity index (χ1v) is 9.89. The van der Waals surface area contributed by atoms with Crippen molar-refractivity contribution in [1.29, 1.82) is 0 Å². The van der Waals surface area contributed by atoms with Gasteiger partial charge in [-0.1, -0.05) is 43.0 Å². The fourth-order valence-electron chi connectivity index (χ4n) is 2.83. The number of benzene rings is 2. The molecule has 160 valence electrons. The number of nitrogens with zero attached hydrogens (tertiary/aromatic N) is 1. The molecular formula is C24H26N4O3. The molecule has 0 fully saturated rings. The lowest BCUT2D eigenvalue weighted by Gasteiger charge is -2.14. The van der Waals surface area contributed by atoms with E-state index in [1.54, 1.807) is 25.3 Å². The second-order valence-corrected chi connectivity index (χ2v) is 6.62. The number of amides is 1. The van der Waals surface area contributed by atoms with Gasteiger partial charge >= 0.3 is 0 Å². The highest BCUT2D eigenvalue weighted by atomic mass is 16.5. The number of furan rings is 1. The molecule has 3 aromatic rings. The predicted octanol–water partition coefficient (Wildman–Crippen LogP) is 3.96. The van der Waals surface area contributed by atoms with Crippen LogP contribution in [0.5, 0.6) is 5.75 Å². The average molecular weight is 418 g/mol. The van der Waals surface area contributed by atoms with Gasteiger partial charge in [-0.25, -0.2) is 0 Å². The van der Waals surface area contributed by atoms with Gasteiger partial charge in [0.25, 0.3) is 5.91 Å². The monoisotopic (exact) mass is 418 g/mol. The predicted molar refractivity (Wildman–Crippen MR) is 122 cm³/mol. The number of hydrogen-bond donors (Lipinski definition) is 3. The molecule has 31 heavy (non-hydrogen) atoms. The molecule has 3 N–H and O–H groups in total. The number of para-hydroxylation sites is 1. The third-order valence-electron chi connectivity index (χ3n) is 4.42. The van der Waals surface area contributed by atoms with E-state index in [0.717, 1.165) is 16.9 Å². The van der Waals surface area contributed by atoms with Gasteiger partial charge in [0.05, 0.1) is 6.26 Å². The molecule has 0 aliphatic heterocycles. The lowest BCUT2D eigenvalue weighted by Crippen LogP contribution is -2.36. The Morgan fingerprint density at radius 3 is 2.55 bits per heavy atom. The first-order chi connectivity index (χ1) is 15.2. The summed E-state index contributed by atoms with van der Waals surface area (Å²) in [5.74, 6) is 1.49. The molecule has 0 radical (unpaired) electrons. The van der Waals surface area contributed by atoms with E-state index in [-0.39, 0.29) is 11.7 Å². The fourth-order valence-corrected chi connectivity index (χ4v) is 2.83. The summed E-state index contributed by atoms with van der Waals surface area (Å²) >= 11 is 0. The van der Waals surface area contributed by atoms with Crippen LogP contribution >= 0.6 is 0 Å². The number of ether oxygens (including phenoxy) is 1. The van der Waals surface area contributed by atoms with Gasteiger partial charge in [0, 0.05) is 31.4 Å². The zero-order chi connectivity index (χ0) is 21.9. The van der Waals surface area contributed by atoms with Gasteiger partial charge < -0.3 is 25.1 Å². The van der Waals surface area contributed by atoms with Crippen LogP contribution in [-0.2, 0) is 13.1 Å². The number of guanidine groups is 1. The lowest BCUT2D eigenvalue weighted by molar-refractivity contribution is 0.0996. The van der Waals surface area contributed by atoms with Crippen molar-refractivity contribution in [2.24, 2.45) is 4.99 Å². The Labute approximate surface area is 181 Å². The van der Waals surface area contributed by atoms with Gasteiger partial charge in [-0.15, -0.1) is 0 Å². The largest absolute Gasteiger partial charge is 0.489 e. The minimum Gasteiger partial charge on any atom is -0.489 e. The van der Waals surface area contributed by atoms with Crippen molar-refractivity contribution in [2.45, 2.75) is 13.1 Å². The maximum Gasteiger partial charge on any atom is 0.291 e. The van der Waals surface area contributed by atoms with Gasteiger partial charge in [-0.2, -0.15) is 0 Å². The molecule has 7 nitrogen and oxygen atoms in total. The van der Waals surface area contributed by atoms with E-state index in [1.807, 2.05) is 48.5 Å². The summed E-state index contributed by atoms with van der Waals surface area (Å²) in [4.78, 5) is 16.3. The third kappa shape index (κ3) is 6.50. The Morgan fingerprint density at radius 1 is 1.06 bits per heavy atom. The number of anilines is 1. The van der Waals surface area contributed by atoms with Crippen molar-refractivity contribution in [3.63, 3.8) is 0 Å². The van der Waals surface area contributed by atoms with Crippen LogP contribution in [0.15, 0.2) is 89.0 Å². The van der Waals surface area contributed by atoms with E-state index in [1.165, 1.54) is 6.26 Å². The summed E-state index contributed by atoms with van der Waals surface area (Å²) in [6, 6.07) is 18.7. The second kappa shape index (κ2) is 11.3. The van der Waals surface area contributed by atoms with Crippen molar-refractivity contribution >= 4 is 17.6 Å². The fraction of sp³-hybridized carbons (Fsp3) is 0.167. The second-order valence-electron chi connectivity index (χ2n) is 6.62. The molecule has 0 bridgehead atoms. The van der Waals surface area contributed by atoms with Gasteiger partial charge in [0.15, 0.2) is 11.7 Å². The SMILES string of the molecule is C=CCOc1ccccc1CNC(=NC)NCc1ccc(NC(=O)c2ccco2)cc1. The van der Waals surface area contributed by atoms with Crippen molar-refractivity contribution in [3.05, 3.63) is 96.5 Å². The topological polar surface area (TPSA) is 87.9 Å². The van der Waals surface area contributed by atoms with E-state index < -0.39 is 0 Å². The molecule has 0 aliphatic carbocycles. The van der Waals surface area contributed by atoms with Crippen LogP contribution in [0, 0.1) is 0 Å². The first kappa shape index (κ1) is 21.7. The standard InChI is InChI=1S/C24H26N4O3/c1-3-14-30-21-8-5-4-7-19(21)17-27-24(25-2)26-16-18-10-12-20(13-11-18)28-23(29)22-9-6-15-31-22/h3-13,15H,1,14,16-17H2,2H3,(H,28,29)(H2,25,26,27). The number of nitrogens with one attached hydrogen (secondary N) is 3. The number of carbonyl (C=O) groups is 1. The van der Waals surface area contributed by atoms with Crippen LogP contribution in [0.2, 0.25) is 0 Å². The number of aliphatic imine (C=N–C) groups is 1. The average Bonchev–Trinajstić information content (AvgIpc) is 3.35. The molecule has 1 heterocycles. The molecule has 0 saturated carbocycles. The molecule has 1 amide bonds. The van der Waals surface area contributed by atoms with Crippen molar-refractivity contribution in [2.75, 3.05) is 19.0 Å². The summed E-state index contributed by atoms with van der Waals surface area (Å²) in [7, 11) is 1.72. The van der Waals surface area contributed by atoms with Crippen LogP contribution < -0.4 is 20.7 Å². The van der Waals surface area contributed by atoms with E-state index in [9.17, 15) is 4.79 Å². The summed E-state index contributed by atoms with van der Waals surface area (Å²) in [5.41, 5.74) is 2.78. The van der Waals surface area contributed by atoms with Crippen molar-refractivity contribution in [3.8, 4) is 5.75 Å². The zero-order valence-corrected chi connectivity index (χ0v) is 17.4.